The first kappa shape index (κ1) is 20.3. The minimum Gasteiger partial charge on any atom is -0.434 e. The number of benzene rings is 1. The van der Waals surface area contributed by atoms with Crippen LogP contribution in [0, 0.1) is 0 Å². The van der Waals surface area contributed by atoms with Crippen LogP contribution in [0.3, 0.4) is 0 Å². The van der Waals surface area contributed by atoms with Crippen molar-refractivity contribution in [1.82, 2.24) is 15.1 Å². The number of aromatic nitrogens is 2. The molecule has 0 atom stereocenters. The quantitative estimate of drug-likeness (QED) is 0.772. The van der Waals surface area contributed by atoms with Crippen LogP contribution in [0.25, 0.3) is 0 Å². The lowest BCUT2D eigenvalue weighted by Crippen LogP contribution is -2.30. The summed E-state index contributed by atoms with van der Waals surface area (Å²) >= 11 is 11.7. The molecule has 0 fully saturated rings. The molecule has 1 N–H and O–H groups in total. The average molecular weight is 412 g/mol. The molecule has 0 aliphatic carbocycles. The standard InChI is InChI=1S/C15H14Cl2F3N3O3/c1-3-21-14(24)23-9(7-25-2)6-12(22-23)26-13-10(16)4-8(5-11(13)17)15(18,19)20/h4-6H,3,7H2,1-2H3,(H,21,24). The Balaban J connectivity index is 2.36. The second-order valence-electron chi connectivity index (χ2n) is 5.02. The SMILES string of the molecule is CCNC(=O)n1nc(Oc2c(Cl)cc(C(F)(F)F)cc2Cl)cc1COC. The van der Waals surface area contributed by atoms with Crippen LogP contribution >= 0.6 is 23.2 Å². The number of halogens is 5. The topological polar surface area (TPSA) is 65.4 Å². The zero-order chi connectivity index (χ0) is 19.5. The number of alkyl halides is 3. The van der Waals surface area contributed by atoms with E-state index >= 15 is 0 Å². The van der Waals surface area contributed by atoms with Crippen LogP contribution in [0.15, 0.2) is 18.2 Å². The van der Waals surface area contributed by atoms with Crippen LogP contribution in [0.4, 0.5) is 18.0 Å². The van der Waals surface area contributed by atoms with E-state index in [-0.39, 0.29) is 28.3 Å². The van der Waals surface area contributed by atoms with Crippen molar-refractivity contribution in [1.29, 1.82) is 0 Å². The fraction of sp³-hybridized carbons (Fsp3) is 0.333. The fourth-order valence-electron chi connectivity index (χ4n) is 2.02. The highest BCUT2D eigenvalue weighted by Crippen LogP contribution is 2.41. The van der Waals surface area contributed by atoms with E-state index in [2.05, 4.69) is 10.4 Å². The molecule has 6 nitrogen and oxygen atoms in total. The largest absolute Gasteiger partial charge is 0.434 e. The summed E-state index contributed by atoms with van der Waals surface area (Å²) in [6, 6.07) is 2.27. The molecule has 1 aromatic heterocycles. The van der Waals surface area contributed by atoms with Crippen molar-refractivity contribution >= 4 is 29.2 Å². The van der Waals surface area contributed by atoms with Gasteiger partial charge in [-0.25, -0.2) is 4.79 Å². The van der Waals surface area contributed by atoms with Crippen LogP contribution in [0.2, 0.25) is 10.0 Å². The van der Waals surface area contributed by atoms with E-state index in [1.54, 1.807) is 6.92 Å². The number of nitrogens with one attached hydrogen (secondary N) is 1. The van der Waals surface area contributed by atoms with Crippen molar-refractivity contribution in [2.45, 2.75) is 19.7 Å². The molecule has 0 bridgehead atoms. The molecular weight excluding hydrogens is 398 g/mol. The van der Waals surface area contributed by atoms with Gasteiger partial charge >= 0.3 is 12.2 Å². The number of methoxy groups -OCH3 is 1. The Hall–Kier alpha value is -1.97. The zero-order valence-corrected chi connectivity index (χ0v) is 15.2. The number of nitrogens with zero attached hydrogens (tertiary/aromatic N) is 2. The lowest BCUT2D eigenvalue weighted by atomic mass is 10.2. The van der Waals surface area contributed by atoms with Crippen molar-refractivity contribution in [3.05, 3.63) is 39.5 Å². The summed E-state index contributed by atoms with van der Waals surface area (Å²) in [5.41, 5.74) is -0.639. The minimum absolute atomic E-state index is 0.0575. The van der Waals surface area contributed by atoms with Gasteiger partial charge in [0, 0.05) is 19.7 Å². The second-order valence-corrected chi connectivity index (χ2v) is 5.84. The predicted molar refractivity (Wildman–Crippen MR) is 88.9 cm³/mol. The summed E-state index contributed by atoms with van der Waals surface area (Å²) in [7, 11) is 1.43. The van der Waals surface area contributed by atoms with Gasteiger partial charge in [0.2, 0.25) is 5.88 Å². The summed E-state index contributed by atoms with van der Waals surface area (Å²) < 4.78 is 49.7. The van der Waals surface area contributed by atoms with Crippen LogP contribution in [0.1, 0.15) is 18.2 Å². The number of hydrogen-bond donors (Lipinski definition) is 1. The van der Waals surface area contributed by atoms with Crippen molar-refractivity contribution < 1.29 is 27.4 Å². The van der Waals surface area contributed by atoms with Gasteiger partial charge in [-0.3, -0.25) is 0 Å². The molecule has 0 aliphatic heterocycles. The van der Waals surface area contributed by atoms with Crippen molar-refractivity contribution in [3.8, 4) is 11.6 Å². The number of hydrogen-bond acceptors (Lipinski definition) is 4. The van der Waals surface area contributed by atoms with E-state index in [1.165, 1.54) is 13.2 Å². The van der Waals surface area contributed by atoms with Gasteiger partial charge in [0.1, 0.15) is 0 Å². The molecule has 0 radical (unpaired) electrons. The Bertz CT molecular complexity index is 786. The molecular formula is C15H14Cl2F3N3O3. The zero-order valence-electron chi connectivity index (χ0n) is 13.7. The second kappa shape index (κ2) is 8.15. The van der Waals surface area contributed by atoms with Crippen molar-refractivity contribution in [2.75, 3.05) is 13.7 Å². The number of carbonyl (C=O) groups is 1. The first-order valence-corrected chi connectivity index (χ1v) is 8.03. The van der Waals surface area contributed by atoms with E-state index in [1.807, 2.05) is 0 Å². The van der Waals surface area contributed by atoms with Crippen LogP contribution in [-0.4, -0.2) is 29.5 Å². The van der Waals surface area contributed by atoms with Gasteiger partial charge in [0.25, 0.3) is 0 Å². The van der Waals surface area contributed by atoms with Crippen molar-refractivity contribution in [3.63, 3.8) is 0 Å². The van der Waals surface area contributed by atoms with Crippen molar-refractivity contribution in [2.24, 2.45) is 0 Å². The molecule has 0 unspecified atom stereocenters. The van der Waals surface area contributed by atoms with Gasteiger partial charge in [-0.05, 0) is 19.1 Å². The Morgan fingerprint density at radius 2 is 1.88 bits per heavy atom. The molecule has 142 valence electrons. The number of amides is 1. The molecule has 0 aliphatic rings. The highest BCUT2D eigenvalue weighted by atomic mass is 35.5. The predicted octanol–water partition coefficient (Wildman–Crippen LogP) is 4.73. The Labute approximate surface area is 156 Å². The summed E-state index contributed by atoms with van der Waals surface area (Å²) in [4.78, 5) is 12.0. The first-order valence-electron chi connectivity index (χ1n) is 7.27. The van der Waals surface area contributed by atoms with E-state index in [4.69, 9.17) is 32.7 Å². The van der Waals surface area contributed by atoms with Gasteiger partial charge in [0.15, 0.2) is 5.75 Å². The summed E-state index contributed by atoms with van der Waals surface area (Å²) in [5, 5.41) is 5.83. The van der Waals surface area contributed by atoms with Gasteiger partial charge in [-0.2, -0.15) is 17.9 Å². The molecule has 1 amide bonds. The van der Waals surface area contributed by atoms with Gasteiger partial charge < -0.3 is 14.8 Å². The fourth-order valence-corrected chi connectivity index (χ4v) is 2.59. The minimum atomic E-state index is -4.60. The normalized spacial score (nSPS) is 11.5. The van der Waals surface area contributed by atoms with Crippen LogP contribution < -0.4 is 10.1 Å². The van der Waals surface area contributed by atoms with E-state index in [9.17, 15) is 18.0 Å². The maximum atomic E-state index is 12.8. The third kappa shape index (κ3) is 4.60. The highest BCUT2D eigenvalue weighted by Gasteiger charge is 2.32. The first-order chi connectivity index (χ1) is 12.2. The molecule has 0 saturated heterocycles. The monoisotopic (exact) mass is 411 g/mol. The van der Waals surface area contributed by atoms with Crippen LogP contribution in [-0.2, 0) is 17.5 Å². The van der Waals surface area contributed by atoms with E-state index in [0.29, 0.717) is 24.4 Å². The maximum Gasteiger partial charge on any atom is 0.416 e. The summed E-state index contributed by atoms with van der Waals surface area (Å²) in [6.45, 7) is 2.16. The Morgan fingerprint density at radius 1 is 1.27 bits per heavy atom. The molecule has 1 heterocycles. The molecule has 0 spiro atoms. The lowest BCUT2D eigenvalue weighted by molar-refractivity contribution is -0.137. The Morgan fingerprint density at radius 3 is 2.38 bits per heavy atom. The molecule has 0 saturated carbocycles. The lowest BCUT2D eigenvalue weighted by Gasteiger charge is -2.11. The molecule has 1 aromatic carbocycles. The summed E-state index contributed by atoms with van der Waals surface area (Å²) in [6.07, 6.45) is -4.60. The number of ether oxygens (including phenoxy) is 2. The highest BCUT2D eigenvalue weighted by molar-refractivity contribution is 6.37. The number of rotatable bonds is 5. The third-order valence-corrected chi connectivity index (χ3v) is 3.67. The average Bonchev–Trinajstić information content (AvgIpc) is 2.93. The molecule has 26 heavy (non-hydrogen) atoms. The molecule has 11 heteroatoms. The van der Waals surface area contributed by atoms with E-state index in [0.717, 1.165) is 4.68 Å². The van der Waals surface area contributed by atoms with Gasteiger partial charge in [0.05, 0.1) is 27.9 Å². The maximum absolute atomic E-state index is 12.8. The van der Waals surface area contributed by atoms with Gasteiger partial charge in [-0.15, -0.1) is 5.10 Å². The van der Waals surface area contributed by atoms with E-state index < -0.39 is 17.8 Å². The Kier molecular flexibility index (Phi) is 6.38. The smallest absolute Gasteiger partial charge is 0.416 e. The third-order valence-electron chi connectivity index (χ3n) is 3.11. The molecule has 2 aromatic rings. The van der Waals surface area contributed by atoms with Gasteiger partial charge in [-0.1, -0.05) is 23.2 Å². The summed E-state index contributed by atoms with van der Waals surface area (Å²) in [5.74, 6) is -0.280. The number of carbonyl (C=O) groups excluding carboxylic acids is 1. The molecule has 2 rings (SSSR count). The van der Waals surface area contributed by atoms with Crippen LogP contribution in [0.5, 0.6) is 11.6 Å².